The molecule has 0 bridgehead atoms. The SMILES string of the molecule is CN=C(NCCOCC(C)C)NCc1oc2ccccc2c1C.I. The number of halogens is 1. The monoisotopic (exact) mass is 445 g/mol. The first kappa shape index (κ1) is 20.8. The van der Waals surface area contributed by atoms with Crippen LogP contribution in [0.3, 0.4) is 0 Å². The first-order valence-corrected chi connectivity index (χ1v) is 8.11. The van der Waals surface area contributed by atoms with Crippen LogP contribution >= 0.6 is 24.0 Å². The second-order valence-electron chi connectivity index (χ2n) is 5.97. The van der Waals surface area contributed by atoms with Gasteiger partial charge in [0.15, 0.2) is 5.96 Å². The molecule has 0 saturated carbocycles. The largest absolute Gasteiger partial charge is 0.459 e. The Kier molecular flexibility index (Phi) is 9.13. The lowest BCUT2D eigenvalue weighted by molar-refractivity contribution is 0.114. The minimum atomic E-state index is 0. The van der Waals surface area contributed by atoms with E-state index in [9.17, 15) is 0 Å². The van der Waals surface area contributed by atoms with Crippen molar-refractivity contribution in [2.75, 3.05) is 26.8 Å². The summed E-state index contributed by atoms with van der Waals surface area (Å²) >= 11 is 0. The van der Waals surface area contributed by atoms with Crippen molar-refractivity contribution in [3.8, 4) is 0 Å². The van der Waals surface area contributed by atoms with E-state index < -0.39 is 0 Å². The quantitative estimate of drug-likeness (QED) is 0.296. The lowest BCUT2D eigenvalue weighted by atomic mass is 10.1. The maximum absolute atomic E-state index is 5.89. The normalized spacial score (nSPS) is 11.6. The van der Waals surface area contributed by atoms with Gasteiger partial charge in [-0.05, 0) is 18.9 Å². The van der Waals surface area contributed by atoms with Crippen molar-refractivity contribution in [1.29, 1.82) is 0 Å². The maximum atomic E-state index is 5.89. The average Bonchev–Trinajstić information content (AvgIpc) is 2.86. The van der Waals surface area contributed by atoms with E-state index in [2.05, 4.69) is 42.5 Å². The van der Waals surface area contributed by atoms with Crippen molar-refractivity contribution in [2.45, 2.75) is 27.3 Å². The lowest BCUT2D eigenvalue weighted by Gasteiger charge is -2.12. The molecule has 0 aliphatic carbocycles. The number of nitrogens with zero attached hydrogens (tertiary/aromatic N) is 1. The number of para-hydroxylation sites is 1. The highest BCUT2D eigenvalue weighted by molar-refractivity contribution is 14.0. The number of aliphatic imine (C=N–C) groups is 1. The van der Waals surface area contributed by atoms with Crippen LogP contribution in [0.5, 0.6) is 0 Å². The summed E-state index contributed by atoms with van der Waals surface area (Å²) in [6.45, 7) is 9.15. The van der Waals surface area contributed by atoms with Crippen LogP contribution in [0.1, 0.15) is 25.2 Å². The van der Waals surface area contributed by atoms with Crippen LogP contribution in [0.2, 0.25) is 0 Å². The zero-order valence-corrected chi connectivity index (χ0v) is 17.2. The van der Waals surface area contributed by atoms with Gasteiger partial charge in [-0.15, -0.1) is 24.0 Å². The number of fused-ring (bicyclic) bond motifs is 1. The molecule has 0 spiro atoms. The fourth-order valence-electron chi connectivity index (χ4n) is 2.34. The Labute approximate surface area is 161 Å². The zero-order valence-electron chi connectivity index (χ0n) is 14.9. The van der Waals surface area contributed by atoms with E-state index in [-0.39, 0.29) is 24.0 Å². The Hall–Kier alpha value is -1.28. The van der Waals surface area contributed by atoms with E-state index in [1.54, 1.807) is 7.05 Å². The Morgan fingerprint density at radius 2 is 2.00 bits per heavy atom. The van der Waals surface area contributed by atoms with Gasteiger partial charge in [0.25, 0.3) is 0 Å². The molecule has 1 aromatic heterocycles. The molecule has 0 aliphatic heterocycles. The first-order valence-electron chi connectivity index (χ1n) is 8.11. The molecule has 0 atom stereocenters. The van der Waals surface area contributed by atoms with E-state index in [0.29, 0.717) is 19.1 Å². The van der Waals surface area contributed by atoms with E-state index in [4.69, 9.17) is 9.15 Å². The summed E-state index contributed by atoms with van der Waals surface area (Å²) in [6, 6.07) is 8.08. The summed E-state index contributed by atoms with van der Waals surface area (Å²) in [5.74, 6) is 2.24. The van der Waals surface area contributed by atoms with Crippen molar-refractivity contribution in [3.05, 3.63) is 35.6 Å². The summed E-state index contributed by atoms with van der Waals surface area (Å²) in [7, 11) is 1.76. The number of ether oxygens (including phenoxy) is 1. The predicted octanol–water partition coefficient (Wildman–Crippen LogP) is 3.70. The zero-order chi connectivity index (χ0) is 16.7. The molecular formula is C18H28IN3O2. The number of nitrogens with one attached hydrogen (secondary N) is 2. The topological polar surface area (TPSA) is 58.8 Å². The summed E-state index contributed by atoms with van der Waals surface area (Å²) in [5.41, 5.74) is 2.09. The lowest BCUT2D eigenvalue weighted by Crippen LogP contribution is -2.38. The number of rotatable bonds is 7. The maximum Gasteiger partial charge on any atom is 0.191 e. The van der Waals surface area contributed by atoms with Crippen molar-refractivity contribution < 1.29 is 9.15 Å². The molecule has 6 heteroatoms. The Morgan fingerprint density at radius 1 is 1.25 bits per heavy atom. The van der Waals surface area contributed by atoms with Gasteiger partial charge < -0.3 is 19.8 Å². The molecule has 0 fully saturated rings. The Balaban J connectivity index is 0.00000288. The number of furan rings is 1. The van der Waals surface area contributed by atoms with E-state index >= 15 is 0 Å². The standard InChI is InChI=1S/C18H27N3O2.HI/c1-13(2)12-22-10-9-20-18(19-4)21-11-17-14(3)15-7-5-6-8-16(15)23-17;/h5-8,13H,9-12H2,1-4H3,(H2,19,20,21);1H. The van der Waals surface area contributed by atoms with E-state index in [1.807, 2.05) is 18.2 Å². The molecule has 0 radical (unpaired) electrons. The van der Waals surface area contributed by atoms with Gasteiger partial charge in [0.2, 0.25) is 0 Å². The second-order valence-corrected chi connectivity index (χ2v) is 5.97. The minimum absolute atomic E-state index is 0. The molecule has 0 aliphatic rings. The number of hydrogen-bond donors (Lipinski definition) is 2. The molecule has 134 valence electrons. The van der Waals surface area contributed by atoms with Gasteiger partial charge in [-0.3, -0.25) is 4.99 Å². The van der Waals surface area contributed by atoms with Crippen LogP contribution < -0.4 is 10.6 Å². The van der Waals surface area contributed by atoms with Gasteiger partial charge in [0, 0.05) is 31.1 Å². The van der Waals surface area contributed by atoms with Crippen LogP contribution in [0.4, 0.5) is 0 Å². The molecule has 2 rings (SSSR count). The fourth-order valence-corrected chi connectivity index (χ4v) is 2.34. The van der Waals surface area contributed by atoms with Crippen LogP contribution in [0, 0.1) is 12.8 Å². The van der Waals surface area contributed by atoms with Crippen LogP contribution in [-0.2, 0) is 11.3 Å². The molecule has 0 unspecified atom stereocenters. The van der Waals surface area contributed by atoms with Crippen molar-refractivity contribution in [3.63, 3.8) is 0 Å². The van der Waals surface area contributed by atoms with Crippen LogP contribution in [0.15, 0.2) is 33.7 Å². The average molecular weight is 445 g/mol. The van der Waals surface area contributed by atoms with E-state index in [0.717, 1.165) is 35.8 Å². The molecule has 2 N–H and O–H groups in total. The van der Waals surface area contributed by atoms with Gasteiger partial charge in [-0.2, -0.15) is 0 Å². The third kappa shape index (κ3) is 5.98. The first-order chi connectivity index (χ1) is 11.1. The predicted molar refractivity (Wildman–Crippen MR) is 110 cm³/mol. The summed E-state index contributed by atoms with van der Waals surface area (Å²) in [6.07, 6.45) is 0. The van der Waals surface area contributed by atoms with E-state index in [1.165, 1.54) is 5.56 Å². The highest BCUT2D eigenvalue weighted by atomic mass is 127. The van der Waals surface area contributed by atoms with Gasteiger partial charge in [-0.1, -0.05) is 32.0 Å². The van der Waals surface area contributed by atoms with Crippen LogP contribution in [-0.4, -0.2) is 32.8 Å². The number of aryl methyl sites for hydroxylation is 1. The third-order valence-electron chi connectivity index (χ3n) is 3.57. The molecule has 1 heterocycles. The summed E-state index contributed by atoms with van der Waals surface area (Å²) in [4.78, 5) is 4.22. The van der Waals surface area contributed by atoms with Gasteiger partial charge in [0.05, 0.1) is 13.2 Å². The molecular weight excluding hydrogens is 417 g/mol. The summed E-state index contributed by atoms with van der Waals surface area (Å²) < 4.78 is 11.4. The summed E-state index contributed by atoms with van der Waals surface area (Å²) in [5, 5.41) is 7.68. The highest BCUT2D eigenvalue weighted by Gasteiger charge is 2.10. The molecule has 0 saturated heterocycles. The number of guanidine groups is 1. The van der Waals surface area contributed by atoms with Crippen molar-refractivity contribution in [2.24, 2.45) is 10.9 Å². The molecule has 1 aromatic carbocycles. The number of benzene rings is 1. The second kappa shape index (κ2) is 10.6. The smallest absolute Gasteiger partial charge is 0.191 e. The molecule has 2 aromatic rings. The Morgan fingerprint density at radius 3 is 2.67 bits per heavy atom. The van der Waals surface area contributed by atoms with Crippen LogP contribution in [0.25, 0.3) is 11.0 Å². The molecule has 24 heavy (non-hydrogen) atoms. The van der Waals surface area contributed by atoms with Crippen molar-refractivity contribution in [1.82, 2.24) is 10.6 Å². The molecule has 0 amide bonds. The third-order valence-corrected chi connectivity index (χ3v) is 3.57. The van der Waals surface area contributed by atoms with Gasteiger partial charge >= 0.3 is 0 Å². The fraction of sp³-hybridized carbons (Fsp3) is 0.500. The van der Waals surface area contributed by atoms with Crippen molar-refractivity contribution >= 4 is 40.9 Å². The molecule has 5 nitrogen and oxygen atoms in total. The van der Waals surface area contributed by atoms with Gasteiger partial charge in [0.1, 0.15) is 11.3 Å². The minimum Gasteiger partial charge on any atom is -0.459 e. The Bertz CT molecular complexity index is 653. The van der Waals surface area contributed by atoms with Gasteiger partial charge in [-0.25, -0.2) is 0 Å². The number of hydrogen-bond acceptors (Lipinski definition) is 3. The highest BCUT2D eigenvalue weighted by Crippen LogP contribution is 2.24.